The Morgan fingerprint density at radius 3 is 2.72 bits per heavy atom. The molecule has 1 aromatic heterocycles. The number of benzene rings is 2. The third-order valence-electron chi connectivity index (χ3n) is 3.28. The zero-order valence-electron chi connectivity index (χ0n) is 10.0. The highest BCUT2D eigenvalue weighted by atomic mass is 16.3. The number of pyridine rings is 1. The van der Waals surface area contributed by atoms with Gasteiger partial charge in [-0.1, -0.05) is 31.2 Å². The van der Waals surface area contributed by atoms with E-state index in [0.717, 1.165) is 28.3 Å². The maximum absolute atomic E-state index is 12.0. The van der Waals surface area contributed by atoms with Crippen LogP contribution in [0.4, 0.5) is 0 Å². The van der Waals surface area contributed by atoms with Crippen molar-refractivity contribution in [2.75, 3.05) is 0 Å². The number of hydrogen-bond donors (Lipinski definition) is 2. The highest BCUT2D eigenvalue weighted by Gasteiger charge is 2.10. The monoisotopic (exact) mass is 239 g/mol. The average molecular weight is 239 g/mol. The summed E-state index contributed by atoms with van der Waals surface area (Å²) in [6.07, 6.45) is 0.824. The van der Waals surface area contributed by atoms with Crippen molar-refractivity contribution in [3.8, 4) is 5.75 Å². The number of nitrogens with one attached hydrogen (secondary N) is 1. The molecule has 0 unspecified atom stereocenters. The lowest BCUT2D eigenvalue weighted by Gasteiger charge is -2.07. The van der Waals surface area contributed by atoms with E-state index in [1.165, 1.54) is 0 Å². The molecule has 2 N–H and O–H groups in total. The molecule has 0 aliphatic rings. The number of aryl methyl sites for hydroxylation is 1. The zero-order valence-corrected chi connectivity index (χ0v) is 10.0. The summed E-state index contributed by atoms with van der Waals surface area (Å²) in [5.41, 5.74) is 1.57. The standard InChI is InChI=1S/C15H13NO2/c1-2-9-7-11-10-5-3-4-6-12(10)16-15(18)14(11)13(17)8-9/h3-8,17H,2H2,1H3,(H,16,18). The second-order valence-electron chi connectivity index (χ2n) is 4.39. The summed E-state index contributed by atoms with van der Waals surface area (Å²) in [5.74, 6) is 0.0522. The fourth-order valence-electron chi connectivity index (χ4n) is 2.35. The Balaban J connectivity index is 2.62. The number of aromatic amines is 1. The maximum atomic E-state index is 12.0. The Bertz CT molecular complexity index is 803. The van der Waals surface area contributed by atoms with Gasteiger partial charge >= 0.3 is 0 Å². The number of fused-ring (bicyclic) bond motifs is 3. The minimum absolute atomic E-state index is 0.0522. The first kappa shape index (κ1) is 10.8. The van der Waals surface area contributed by atoms with E-state index < -0.39 is 0 Å². The van der Waals surface area contributed by atoms with Gasteiger partial charge in [-0.3, -0.25) is 4.79 Å². The average Bonchev–Trinajstić information content (AvgIpc) is 2.38. The molecular formula is C15H13NO2. The third-order valence-corrected chi connectivity index (χ3v) is 3.28. The van der Waals surface area contributed by atoms with E-state index in [1.807, 2.05) is 37.3 Å². The fourth-order valence-corrected chi connectivity index (χ4v) is 2.35. The summed E-state index contributed by atoms with van der Waals surface area (Å²) in [4.78, 5) is 14.8. The third kappa shape index (κ3) is 1.48. The first-order valence-corrected chi connectivity index (χ1v) is 5.97. The SMILES string of the molecule is CCc1cc(O)c2c(=O)[nH]c3ccccc3c2c1. The highest BCUT2D eigenvalue weighted by molar-refractivity contribution is 6.07. The second kappa shape index (κ2) is 3.88. The lowest BCUT2D eigenvalue weighted by molar-refractivity contribution is 0.480. The molecule has 3 rings (SSSR count). The van der Waals surface area contributed by atoms with E-state index in [0.29, 0.717) is 5.39 Å². The van der Waals surface area contributed by atoms with Gasteiger partial charge in [-0.2, -0.15) is 0 Å². The number of rotatable bonds is 1. The van der Waals surface area contributed by atoms with Crippen LogP contribution in [0.5, 0.6) is 5.75 Å². The summed E-state index contributed by atoms with van der Waals surface area (Å²) in [6, 6.07) is 11.3. The van der Waals surface area contributed by atoms with Gasteiger partial charge in [0.25, 0.3) is 5.56 Å². The summed E-state index contributed by atoms with van der Waals surface area (Å²) in [6.45, 7) is 2.02. The number of phenols is 1. The first-order chi connectivity index (χ1) is 8.70. The number of phenolic OH excluding ortho intramolecular Hbond substituents is 1. The molecule has 0 bridgehead atoms. The smallest absolute Gasteiger partial charge is 0.260 e. The summed E-state index contributed by atoms with van der Waals surface area (Å²) < 4.78 is 0. The van der Waals surface area contributed by atoms with Crippen LogP contribution >= 0.6 is 0 Å². The minimum Gasteiger partial charge on any atom is -0.507 e. The Labute approximate surface area is 104 Å². The molecule has 18 heavy (non-hydrogen) atoms. The Kier molecular flexibility index (Phi) is 2.33. The van der Waals surface area contributed by atoms with Crippen LogP contribution in [0, 0.1) is 0 Å². The van der Waals surface area contributed by atoms with Crippen molar-refractivity contribution in [1.82, 2.24) is 4.98 Å². The summed E-state index contributed by atoms with van der Waals surface area (Å²) in [5, 5.41) is 12.1. The van der Waals surface area contributed by atoms with Crippen molar-refractivity contribution in [3.63, 3.8) is 0 Å². The van der Waals surface area contributed by atoms with Gasteiger partial charge in [-0.05, 0) is 24.1 Å². The van der Waals surface area contributed by atoms with E-state index in [9.17, 15) is 9.90 Å². The number of para-hydroxylation sites is 1. The molecule has 0 saturated carbocycles. The normalized spacial score (nSPS) is 11.2. The summed E-state index contributed by atoms with van der Waals surface area (Å²) in [7, 11) is 0. The van der Waals surface area contributed by atoms with Crippen LogP contribution in [0.1, 0.15) is 12.5 Å². The minimum atomic E-state index is -0.246. The molecule has 3 heteroatoms. The number of H-pyrrole nitrogens is 1. The van der Waals surface area contributed by atoms with Gasteiger partial charge in [-0.15, -0.1) is 0 Å². The first-order valence-electron chi connectivity index (χ1n) is 5.97. The number of hydrogen-bond acceptors (Lipinski definition) is 2. The van der Waals surface area contributed by atoms with Gasteiger partial charge in [0.2, 0.25) is 0 Å². The van der Waals surface area contributed by atoms with E-state index in [1.54, 1.807) is 6.07 Å². The van der Waals surface area contributed by atoms with Gasteiger partial charge in [0.15, 0.2) is 0 Å². The maximum Gasteiger partial charge on any atom is 0.260 e. The second-order valence-corrected chi connectivity index (χ2v) is 4.39. The van der Waals surface area contributed by atoms with Gasteiger partial charge in [0.05, 0.1) is 5.39 Å². The van der Waals surface area contributed by atoms with Crippen molar-refractivity contribution >= 4 is 21.7 Å². The summed E-state index contributed by atoms with van der Waals surface area (Å²) >= 11 is 0. The molecule has 3 nitrogen and oxygen atoms in total. The molecule has 0 radical (unpaired) electrons. The molecule has 0 aliphatic carbocycles. The molecule has 3 aromatic rings. The van der Waals surface area contributed by atoms with Crippen molar-refractivity contribution in [2.45, 2.75) is 13.3 Å². The van der Waals surface area contributed by atoms with Gasteiger partial charge in [-0.25, -0.2) is 0 Å². The van der Waals surface area contributed by atoms with Crippen LogP contribution in [0.2, 0.25) is 0 Å². The quantitative estimate of drug-likeness (QED) is 0.641. The Hall–Kier alpha value is -2.29. The van der Waals surface area contributed by atoms with Gasteiger partial charge in [0, 0.05) is 16.3 Å². The predicted molar refractivity (Wildman–Crippen MR) is 73.1 cm³/mol. The van der Waals surface area contributed by atoms with Gasteiger partial charge in [0.1, 0.15) is 5.75 Å². The zero-order chi connectivity index (χ0) is 12.7. The van der Waals surface area contributed by atoms with E-state index in [2.05, 4.69) is 4.98 Å². The van der Waals surface area contributed by atoms with Gasteiger partial charge < -0.3 is 10.1 Å². The van der Waals surface area contributed by atoms with Crippen molar-refractivity contribution < 1.29 is 5.11 Å². The van der Waals surface area contributed by atoms with Crippen LogP contribution in [0.15, 0.2) is 41.2 Å². The molecule has 0 spiro atoms. The molecular weight excluding hydrogens is 226 g/mol. The molecule has 0 aliphatic heterocycles. The van der Waals surface area contributed by atoms with Crippen LogP contribution in [0.3, 0.4) is 0 Å². The van der Waals surface area contributed by atoms with Crippen LogP contribution < -0.4 is 5.56 Å². The Morgan fingerprint density at radius 1 is 1.17 bits per heavy atom. The van der Waals surface area contributed by atoms with E-state index in [4.69, 9.17) is 0 Å². The van der Waals surface area contributed by atoms with Crippen LogP contribution in [-0.4, -0.2) is 10.1 Å². The van der Waals surface area contributed by atoms with Crippen molar-refractivity contribution in [3.05, 3.63) is 52.3 Å². The molecule has 90 valence electrons. The number of aromatic hydroxyl groups is 1. The lowest BCUT2D eigenvalue weighted by Crippen LogP contribution is -2.06. The Morgan fingerprint density at radius 2 is 1.94 bits per heavy atom. The molecule has 0 saturated heterocycles. The van der Waals surface area contributed by atoms with E-state index in [-0.39, 0.29) is 11.3 Å². The lowest BCUT2D eigenvalue weighted by atomic mass is 10.0. The molecule has 0 amide bonds. The largest absolute Gasteiger partial charge is 0.507 e. The topological polar surface area (TPSA) is 53.1 Å². The van der Waals surface area contributed by atoms with Crippen molar-refractivity contribution in [1.29, 1.82) is 0 Å². The van der Waals surface area contributed by atoms with E-state index >= 15 is 0 Å². The molecule has 2 aromatic carbocycles. The van der Waals surface area contributed by atoms with Crippen LogP contribution in [-0.2, 0) is 6.42 Å². The fraction of sp³-hybridized carbons (Fsp3) is 0.133. The van der Waals surface area contributed by atoms with Crippen LogP contribution in [0.25, 0.3) is 21.7 Å². The predicted octanol–water partition coefficient (Wildman–Crippen LogP) is 2.95. The molecule has 0 atom stereocenters. The highest BCUT2D eigenvalue weighted by Crippen LogP contribution is 2.28. The molecule has 1 heterocycles. The van der Waals surface area contributed by atoms with Crippen molar-refractivity contribution in [2.24, 2.45) is 0 Å². The molecule has 0 fully saturated rings. The number of aromatic nitrogens is 1.